The van der Waals surface area contributed by atoms with Gasteiger partial charge in [-0.15, -0.1) is 0 Å². The minimum absolute atomic E-state index is 0.0293. The maximum atomic E-state index is 11.6. The second-order valence-corrected chi connectivity index (χ2v) is 5.13. The van der Waals surface area contributed by atoms with Gasteiger partial charge in [0.2, 0.25) is 12.7 Å². The standard InChI is InChI=1S/C15H19N3O5/c1-2-3-4-5-6-15(19)17-16-9-11-7-13-14(23-10-22-13)8-12(11)18(20)21/h7-9H,2-6,10H2,1H3,(H,17,19). The Kier molecular flexibility index (Phi) is 5.90. The lowest BCUT2D eigenvalue weighted by atomic mass is 10.1. The second kappa shape index (κ2) is 8.11. The van der Waals surface area contributed by atoms with Gasteiger partial charge in [-0.3, -0.25) is 14.9 Å². The van der Waals surface area contributed by atoms with Gasteiger partial charge in [-0.25, -0.2) is 5.43 Å². The number of nitro benzene ring substituents is 1. The van der Waals surface area contributed by atoms with Crippen LogP contribution in [0.25, 0.3) is 0 Å². The Balaban J connectivity index is 1.96. The summed E-state index contributed by atoms with van der Waals surface area (Å²) in [5.41, 5.74) is 2.46. The molecule has 0 fully saturated rings. The summed E-state index contributed by atoms with van der Waals surface area (Å²) in [7, 11) is 0. The fraction of sp³-hybridized carbons (Fsp3) is 0.467. The Morgan fingerprint density at radius 2 is 2.09 bits per heavy atom. The van der Waals surface area contributed by atoms with Gasteiger partial charge >= 0.3 is 0 Å². The summed E-state index contributed by atoms with van der Waals surface area (Å²) in [6.07, 6.45) is 5.64. The largest absolute Gasteiger partial charge is 0.454 e. The average Bonchev–Trinajstić information content (AvgIpc) is 2.98. The van der Waals surface area contributed by atoms with E-state index in [1.54, 1.807) is 0 Å². The molecule has 0 atom stereocenters. The average molecular weight is 321 g/mol. The SMILES string of the molecule is CCCCCCC(=O)NN=Cc1cc2c(cc1[N+](=O)[O-])OCO2. The third kappa shape index (κ3) is 4.67. The number of hydrogen-bond acceptors (Lipinski definition) is 6. The van der Waals surface area contributed by atoms with E-state index in [1.807, 2.05) is 0 Å². The van der Waals surface area contributed by atoms with E-state index in [4.69, 9.17) is 9.47 Å². The van der Waals surface area contributed by atoms with Crippen molar-refractivity contribution < 1.29 is 19.2 Å². The highest BCUT2D eigenvalue weighted by Crippen LogP contribution is 2.37. The van der Waals surface area contributed by atoms with Crippen LogP contribution in [-0.4, -0.2) is 23.8 Å². The van der Waals surface area contributed by atoms with Gasteiger partial charge in [0.05, 0.1) is 22.8 Å². The normalized spacial score (nSPS) is 12.6. The van der Waals surface area contributed by atoms with Crippen LogP contribution in [0, 0.1) is 10.1 Å². The molecule has 23 heavy (non-hydrogen) atoms. The molecule has 1 aliphatic rings. The minimum atomic E-state index is -0.532. The summed E-state index contributed by atoms with van der Waals surface area (Å²) >= 11 is 0. The molecule has 1 N–H and O–H groups in total. The van der Waals surface area contributed by atoms with Crippen molar-refractivity contribution in [2.45, 2.75) is 39.0 Å². The molecule has 0 spiro atoms. The number of hydrazone groups is 1. The monoisotopic (exact) mass is 321 g/mol. The van der Waals surface area contributed by atoms with Crippen LogP contribution in [0.4, 0.5) is 5.69 Å². The van der Waals surface area contributed by atoms with Gasteiger partial charge in [0.15, 0.2) is 11.5 Å². The zero-order valence-electron chi connectivity index (χ0n) is 12.9. The number of amides is 1. The number of nitrogens with zero attached hydrogens (tertiary/aromatic N) is 2. The predicted molar refractivity (Wildman–Crippen MR) is 83.7 cm³/mol. The first kappa shape index (κ1) is 16.7. The molecule has 0 radical (unpaired) electrons. The minimum Gasteiger partial charge on any atom is -0.454 e. The topological polar surface area (TPSA) is 103 Å². The summed E-state index contributed by atoms with van der Waals surface area (Å²) in [4.78, 5) is 22.1. The van der Waals surface area contributed by atoms with Crippen molar-refractivity contribution in [3.63, 3.8) is 0 Å². The number of carbonyl (C=O) groups is 1. The number of benzene rings is 1. The number of unbranched alkanes of at least 4 members (excludes halogenated alkanes) is 3. The molecule has 0 aromatic heterocycles. The number of rotatable bonds is 8. The van der Waals surface area contributed by atoms with Crippen molar-refractivity contribution in [2.75, 3.05) is 6.79 Å². The maximum absolute atomic E-state index is 11.6. The van der Waals surface area contributed by atoms with Gasteiger partial charge in [0, 0.05) is 6.42 Å². The van der Waals surface area contributed by atoms with Crippen LogP contribution in [0.3, 0.4) is 0 Å². The number of fused-ring (bicyclic) bond motifs is 1. The predicted octanol–water partition coefficient (Wildman–Crippen LogP) is 2.74. The number of nitro groups is 1. The van der Waals surface area contributed by atoms with E-state index >= 15 is 0 Å². The van der Waals surface area contributed by atoms with E-state index < -0.39 is 4.92 Å². The molecule has 0 aliphatic carbocycles. The molecule has 8 heteroatoms. The van der Waals surface area contributed by atoms with Crippen molar-refractivity contribution in [2.24, 2.45) is 5.10 Å². The molecule has 1 amide bonds. The van der Waals surface area contributed by atoms with Crippen molar-refractivity contribution in [3.05, 3.63) is 27.8 Å². The third-order valence-electron chi connectivity index (χ3n) is 3.37. The Hall–Kier alpha value is -2.64. The van der Waals surface area contributed by atoms with Crippen LogP contribution in [0.1, 0.15) is 44.6 Å². The highest BCUT2D eigenvalue weighted by atomic mass is 16.7. The van der Waals surface area contributed by atoms with Crippen molar-refractivity contribution in [1.82, 2.24) is 5.43 Å². The van der Waals surface area contributed by atoms with E-state index in [1.165, 1.54) is 18.3 Å². The number of ether oxygens (including phenoxy) is 2. The van der Waals surface area contributed by atoms with E-state index in [0.29, 0.717) is 17.9 Å². The molecule has 2 rings (SSSR count). The Bertz CT molecular complexity index is 615. The molecule has 0 bridgehead atoms. The van der Waals surface area contributed by atoms with E-state index in [0.717, 1.165) is 25.7 Å². The molecule has 0 saturated carbocycles. The van der Waals surface area contributed by atoms with Crippen molar-refractivity contribution in [1.29, 1.82) is 0 Å². The highest BCUT2D eigenvalue weighted by Gasteiger charge is 2.22. The molecule has 1 aromatic carbocycles. The molecule has 1 aliphatic heterocycles. The fourth-order valence-corrected chi connectivity index (χ4v) is 2.15. The lowest BCUT2D eigenvalue weighted by molar-refractivity contribution is -0.385. The molecule has 0 unspecified atom stereocenters. The summed E-state index contributed by atoms with van der Waals surface area (Å²) < 4.78 is 10.3. The lowest BCUT2D eigenvalue weighted by Gasteiger charge is -2.01. The Morgan fingerprint density at radius 1 is 1.35 bits per heavy atom. The van der Waals surface area contributed by atoms with E-state index in [2.05, 4.69) is 17.5 Å². The van der Waals surface area contributed by atoms with Crippen molar-refractivity contribution >= 4 is 17.8 Å². The number of hydrogen-bond donors (Lipinski definition) is 1. The lowest BCUT2D eigenvalue weighted by Crippen LogP contribution is -2.17. The van der Waals surface area contributed by atoms with Gasteiger partial charge in [-0.1, -0.05) is 26.2 Å². The number of carbonyl (C=O) groups excluding carboxylic acids is 1. The van der Waals surface area contributed by atoms with Crippen LogP contribution in [0.15, 0.2) is 17.2 Å². The number of nitrogens with one attached hydrogen (secondary N) is 1. The molecule has 8 nitrogen and oxygen atoms in total. The first-order chi connectivity index (χ1) is 11.1. The first-order valence-corrected chi connectivity index (χ1v) is 7.51. The summed E-state index contributed by atoms with van der Waals surface area (Å²) in [6, 6.07) is 2.76. The molecular weight excluding hydrogens is 302 g/mol. The van der Waals surface area contributed by atoms with Crippen LogP contribution in [0.5, 0.6) is 11.5 Å². The van der Waals surface area contributed by atoms with Gasteiger partial charge in [-0.2, -0.15) is 5.10 Å². The zero-order chi connectivity index (χ0) is 16.7. The molecule has 1 aromatic rings. The Labute approximate surface area is 133 Å². The zero-order valence-corrected chi connectivity index (χ0v) is 12.9. The second-order valence-electron chi connectivity index (χ2n) is 5.13. The summed E-state index contributed by atoms with van der Waals surface area (Å²) in [5, 5.41) is 14.9. The van der Waals surface area contributed by atoms with Crippen LogP contribution < -0.4 is 14.9 Å². The smallest absolute Gasteiger partial charge is 0.282 e. The quantitative estimate of drug-likeness (QED) is 0.343. The van der Waals surface area contributed by atoms with E-state index in [-0.39, 0.29) is 24.0 Å². The van der Waals surface area contributed by atoms with Gasteiger partial charge in [-0.05, 0) is 12.5 Å². The van der Waals surface area contributed by atoms with Crippen LogP contribution in [0.2, 0.25) is 0 Å². The maximum Gasteiger partial charge on any atom is 0.282 e. The molecule has 1 heterocycles. The fourth-order valence-electron chi connectivity index (χ4n) is 2.15. The molecule has 0 saturated heterocycles. The van der Waals surface area contributed by atoms with E-state index in [9.17, 15) is 14.9 Å². The highest BCUT2D eigenvalue weighted by molar-refractivity contribution is 5.88. The van der Waals surface area contributed by atoms with Gasteiger partial charge in [0.25, 0.3) is 5.69 Å². The third-order valence-corrected chi connectivity index (χ3v) is 3.37. The molecular formula is C15H19N3O5. The van der Waals surface area contributed by atoms with Gasteiger partial charge < -0.3 is 9.47 Å². The van der Waals surface area contributed by atoms with Crippen LogP contribution in [-0.2, 0) is 4.79 Å². The van der Waals surface area contributed by atoms with Gasteiger partial charge in [0.1, 0.15) is 0 Å². The van der Waals surface area contributed by atoms with Crippen molar-refractivity contribution in [3.8, 4) is 11.5 Å². The first-order valence-electron chi connectivity index (χ1n) is 7.51. The summed E-state index contributed by atoms with van der Waals surface area (Å²) in [5.74, 6) is 0.539. The summed E-state index contributed by atoms with van der Waals surface area (Å²) in [6.45, 7) is 2.13. The van der Waals surface area contributed by atoms with Crippen LogP contribution >= 0.6 is 0 Å². The Morgan fingerprint density at radius 3 is 2.78 bits per heavy atom. The molecule has 124 valence electrons.